The number of nitrogens with one attached hydrogen (secondary N) is 2. The number of piperazine rings is 1. The molecule has 0 bridgehead atoms. The van der Waals surface area contributed by atoms with Gasteiger partial charge in [0, 0.05) is 13.1 Å². The van der Waals surface area contributed by atoms with Crippen molar-refractivity contribution in [1.29, 1.82) is 0 Å². The lowest BCUT2D eigenvalue weighted by Crippen LogP contribution is -2.74. The van der Waals surface area contributed by atoms with Crippen LogP contribution in [0, 0.1) is 5.41 Å². The number of amides is 1. The summed E-state index contributed by atoms with van der Waals surface area (Å²) in [7, 11) is 0. The second-order valence-corrected chi connectivity index (χ2v) is 4.47. The fraction of sp³-hybridized carbons (Fsp3) is 0.889. The lowest BCUT2D eigenvalue weighted by molar-refractivity contribution is -0.144. The van der Waals surface area contributed by atoms with E-state index < -0.39 is 0 Å². The van der Waals surface area contributed by atoms with Crippen LogP contribution < -0.4 is 10.6 Å². The summed E-state index contributed by atoms with van der Waals surface area (Å²) in [6, 6.07) is 0. The van der Waals surface area contributed by atoms with Crippen LogP contribution in [0.2, 0.25) is 0 Å². The average molecular weight is 168 g/mol. The summed E-state index contributed by atoms with van der Waals surface area (Å²) in [5.41, 5.74) is -0.108. The molecule has 12 heavy (non-hydrogen) atoms. The molecule has 1 spiro atoms. The minimum Gasteiger partial charge on any atom is -0.353 e. The van der Waals surface area contributed by atoms with Gasteiger partial charge in [-0.1, -0.05) is 13.8 Å². The van der Waals surface area contributed by atoms with E-state index in [1.165, 1.54) is 0 Å². The maximum absolute atomic E-state index is 11.6. The van der Waals surface area contributed by atoms with Gasteiger partial charge < -0.3 is 10.6 Å². The van der Waals surface area contributed by atoms with Crippen molar-refractivity contribution >= 4 is 5.91 Å². The Labute approximate surface area is 72.9 Å². The highest BCUT2D eigenvalue weighted by atomic mass is 16.2. The van der Waals surface area contributed by atoms with E-state index in [2.05, 4.69) is 24.5 Å². The fourth-order valence-corrected chi connectivity index (χ4v) is 2.31. The van der Waals surface area contributed by atoms with Crippen LogP contribution >= 0.6 is 0 Å². The van der Waals surface area contributed by atoms with Crippen molar-refractivity contribution in [2.24, 2.45) is 5.41 Å². The third-order valence-corrected chi connectivity index (χ3v) is 3.51. The molecule has 0 aromatic rings. The van der Waals surface area contributed by atoms with Gasteiger partial charge >= 0.3 is 0 Å². The quantitative estimate of drug-likeness (QED) is 0.545. The largest absolute Gasteiger partial charge is 0.353 e. The molecule has 2 aliphatic rings. The van der Waals surface area contributed by atoms with Gasteiger partial charge in [0.25, 0.3) is 0 Å². The molecule has 1 saturated carbocycles. The van der Waals surface area contributed by atoms with Crippen molar-refractivity contribution < 1.29 is 4.79 Å². The SMILES string of the molecule is CC1(C)CCC12NCCNC2=O. The van der Waals surface area contributed by atoms with Gasteiger partial charge in [0.2, 0.25) is 5.91 Å². The number of carbonyl (C=O) groups is 1. The summed E-state index contributed by atoms with van der Waals surface area (Å²) < 4.78 is 0. The Hall–Kier alpha value is -0.570. The summed E-state index contributed by atoms with van der Waals surface area (Å²) in [5.74, 6) is 0.199. The van der Waals surface area contributed by atoms with Crippen molar-refractivity contribution in [3.63, 3.8) is 0 Å². The van der Waals surface area contributed by atoms with Crippen molar-refractivity contribution in [1.82, 2.24) is 10.6 Å². The molecule has 3 nitrogen and oxygen atoms in total. The topological polar surface area (TPSA) is 41.1 Å². The summed E-state index contributed by atoms with van der Waals surface area (Å²) in [6.45, 7) is 6.01. The predicted octanol–water partition coefficient (Wildman–Crippen LogP) is 0.265. The van der Waals surface area contributed by atoms with E-state index in [0.717, 1.165) is 25.9 Å². The number of hydrogen-bond acceptors (Lipinski definition) is 2. The molecule has 2 fully saturated rings. The second-order valence-electron chi connectivity index (χ2n) is 4.47. The van der Waals surface area contributed by atoms with Gasteiger partial charge in [-0.15, -0.1) is 0 Å². The Kier molecular flexibility index (Phi) is 1.49. The molecule has 0 radical (unpaired) electrons. The van der Waals surface area contributed by atoms with Crippen LogP contribution in [0.1, 0.15) is 26.7 Å². The Morgan fingerprint density at radius 3 is 2.33 bits per heavy atom. The highest BCUT2D eigenvalue weighted by molar-refractivity contribution is 5.89. The first kappa shape index (κ1) is 8.05. The summed E-state index contributed by atoms with van der Waals surface area (Å²) in [4.78, 5) is 11.6. The molecule has 1 unspecified atom stereocenters. The molecular formula is C9H16N2O. The van der Waals surface area contributed by atoms with Crippen LogP contribution in [-0.2, 0) is 4.79 Å². The van der Waals surface area contributed by atoms with Gasteiger partial charge in [-0.25, -0.2) is 0 Å². The summed E-state index contributed by atoms with van der Waals surface area (Å²) in [6.07, 6.45) is 2.14. The van der Waals surface area contributed by atoms with Crippen molar-refractivity contribution in [3.05, 3.63) is 0 Å². The first-order valence-corrected chi connectivity index (χ1v) is 4.62. The summed E-state index contributed by atoms with van der Waals surface area (Å²) >= 11 is 0. The third kappa shape index (κ3) is 0.774. The van der Waals surface area contributed by atoms with Crippen LogP contribution in [0.5, 0.6) is 0 Å². The Morgan fingerprint density at radius 2 is 2.00 bits per heavy atom. The summed E-state index contributed by atoms with van der Waals surface area (Å²) in [5, 5.41) is 6.29. The van der Waals surface area contributed by atoms with E-state index in [4.69, 9.17) is 0 Å². The highest BCUT2D eigenvalue weighted by Crippen LogP contribution is 2.49. The zero-order valence-electron chi connectivity index (χ0n) is 7.74. The maximum Gasteiger partial charge on any atom is 0.240 e. The second kappa shape index (κ2) is 2.22. The van der Waals surface area contributed by atoms with Gasteiger partial charge in [-0.3, -0.25) is 4.79 Å². The molecule has 1 aliphatic carbocycles. The Bertz CT molecular complexity index is 225. The average Bonchev–Trinajstić information content (AvgIpc) is 2.03. The van der Waals surface area contributed by atoms with Gasteiger partial charge in [0.15, 0.2) is 0 Å². The Balaban J connectivity index is 2.24. The molecular weight excluding hydrogens is 152 g/mol. The molecule has 1 saturated heterocycles. The molecule has 2 N–H and O–H groups in total. The normalized spacial score (nSPS) is 39.0. The number of hydrogen-bond donors (Lipinski definition) is 2. The van der Waals surface area contributed by atoms with E-state index >= 15 is 0 Å². The van der Waals surface area contributed by atoms with Crippen LogP contribution in [-0.4, -0.2) is 24.5 Å². The number of carbonyl (C=O) groups excluding carboxylic acids is 1. The van der Waals surface area contributed by atoms with Gasteiger partial charge in [0.1, 0.15) is 5.54 Å². The zero-order chi connectivity index (χ0) is 8.82. The lowest BCUT2D eigenvalue weighted by atomic mass is 9.55. The molecule has 1 heterocycles. The molecule has 2 rings (SSSR count). The molecule has 1 amide bonds. The van der Waals surface area contributed by atoms with Crippen LogP contribution in [0.15, 0.2) is 0 Å². The van der Waals surface area contributed by atoms with E-state index in [1.807, 2.05) is 0 Å². The Morgan fingerprint density at radius 1 is 1.25 bits per heavy atom. The van der Waals surface area contributed by atoms with Crippen molar-refractivity contribution in [2.75, 3.05) is 13.1 Å². The molecule has 1 atom stereocenters. The van der Waals surface area contributed by atoms with Crippen molar-refractivity contribution in [2.45, 2.75) is 32.2 Å². The maximum atomic E-state index is 11.6. The van der Waals surface area contributed by atoms with Crippen LogP contribution in [0.25, 0.3) is 0 Å². The lowest BCUT2D eigenvalue weighted by Gasteiger charge is -2.56. The van der Waals surface area contributed by atoms with Crippen molar-refractivity contribution in [3.8, 4) is 0 Å². The van der Waals surface area contributed by atoms with Crippen LogP contribution in [0.3, 0.4) is 0 Å². The molecule has 3 heteroatoms. The molecule has 1 aliphatic heterocycles. The number of rotatable bonds is 0. The first-order valence-electron chi connectivity index (χ1n) is 4.62. The smallest absolute Gasteiger partial charge is 0.240 e. The minimum atomic E-state index is -0.245. The minimum absolute atomic E-state index is 0.136. The molecule has 68 valence electrons. The van der Waals surface area contributed by atoms with E-state index in [-0.39, 0.29) is 16.9 Å². The molecule has 0 aromatic carbocycles. The highest BCUT2D eigenvalue weighted by Gasteiger charge is 2.58. The van der Waals surface area contributed by atoms with E-state index in [0.29, 0.717) is 0 Å². The van der Waals surface area contributed by atoms with Gasteiger partial charge in [-0.05, 0) is 18.3 Å². The predicted molar refractivity (Wildman–Crippen MR) is 46.8 cm³/mol. The fourth-order valence-electron chi connectivity index (χ4n) is 2.31. The first-order chi connectivity index (χ1) is 5.58. The zero-order valence-corrected chi connectivity index (χ0v) is 7.74. The third-order valence-electron chi connectivity index (χ3n) is 3.51. The van der Waals surface area contributed by atoms with E-state index in [1.54, 1.807) is 0 Å². The van der Waals surface area contributed by atoms with Gasteiger partial charge in [0.05, 0.1) is 0 Å². The van der Waals surface area contributed by atoms with E-state index in [9.17, 15) is 4.79 Å². The van der Waals surface area contributed by atoms with Crippen LogP contribution in [0.4, 0.5) is 0 Å². The van der Waals surface area contributed by atoms with Gasteiger partial charge in [-0.2, -0.15) is 0 Å². The molecule has 0 aromatic heterocycles. The monoisotopic (exact) mass is 168 g/mol. The standard InChI is InChI=1S/C9H16N2O/c1-8(2)3-4-9(8)7(12)10-5-6-11-9/h11H,3-6H2,1-2H3,(H,10,12).